The summed E-state index contributed by atoms with van der Waals surface area (Å²) in [5.41, 5.74) is 9.82. The molecule has 2 rings (SSSR count). The molecule has 0 radical (unpaired) electrons. The number of ether oxygens (including phenoxy) is 2. The SMILES string of the molecule is COc1cc(OC)c(C(N)Sc2ccc(C)cc2)cc1C(C)C. The number of benzene rings is 2. The van der Waals surface area contributed by atoms with Gasteiger partial charge >= 0.3 is 0 Å². The van der Waals surface area contributed by atoms with Crippen molar-refractivity contribution in [1.82, 2.24) is 0 Å². The van der Waals surface area contributed by atoms with E-state index in [-0.39, 0.29) is 5.37 Å². The van der Waals surface area contributed by atoms with Crippen molar-refractivity contribution in [2.24, 2.45) is 5.73 Å². The Labute approximate surface area is 143 Å². The molecule has 23 heavy (non-hydrogen) atoms. The number of hydrogen-bond acceptors (Lipinski definition) is 4. The van der Waals surface area contributed by atoms with Gasteiger partial charge in [0.05, 0.1) is 19.6 Å². The van der Waals surface area contributed by atoms with Crippen LogP contribution in [0, 0.1) is 6.92 Å². The van der Waals surface area contributed by atoms with Crippen molar-refractivity contribution in [1.29, 1.82) is 0 Å². The summed E-state index contributed by atoms with van der Waals surface area (Å²) in [6.07, 6.45) is 0. The molecule has 0 amide bonds. The number of nitrogens with two attached hydrogens (primary N) is 1. The summed E-state index contributed by atoms with van der Waals surface area (Å²) in [6.45, 7) is 6.37. The maximum atomic E-state index is 6.44. The van der Waals surface area contributed by atoms with Crippen LogP contribution in [0.25, 0.3) is 0 Å². The van der Waals surface area contributed by atoms with Crippen molar-refractivity contribution >= 4 is 11.8 Å². The maximum absolute atomic E-state index is 6.44. The number of thioether (sulfide) groups is 1. The monoisotopic (exact) mass is 331 g/mol. The fourth-order valence-electron chi connectivity index (χ4n) is 2.45. The molecule has 3 nitrogen and oxygen atoms in total. The Morgan fingerprint density at radius 1 is 0.913 bits per heavy atom. The van der Waals surface area contributed by atoms with Crippen molar-refractivity contribution in [3.05, 3.63) is 53.1 Å². The van der Waals surface area contributed by atoms with E-state index in [1.54, 1.807) is 26.0 Å². The fourth-order valence-corrected chi connectivity index (χ4v) is 3.35. The molecule has 0 saturated heterocycles. The standard InChI is InChI=1S/C19H25NO2S/c1-12(2)15-10-16(18(22-5)11-17(15)21-4)19(20)23-14-8-6-13(3)7-9-14/h6-12,19H,20H2,1-5H3. The van der Waals surface area contributed by atoms with Gasteiger partial charge in [0.25, 0.3) is 0 Å². The largest absolute Gasteiger partial charge is 0.496 e. The normalized spacial score (nSPS) is 12.3. The third-order valence-corrected chi connectivity index (χ3v) is 4.85. The van der Waals surface area contributed by atoms with Crippen molar-refractivity contribution in [2.45, 2.75) is 37.0 Å². The second-order valence-corrected chi connectivity index (χ2v) is 7.06. The Kier molecular flexibility index (Phi) is 5.97. The molecule has 0 aliphatic carbocycles. The van der Waals surface area contributed by atoms with E-state index in [0.29, 0.717) is 5.92 Å². The van der Waals surface area contributed by atoms with Crippen molar-refractivity contribution in [3.63, 3.8) is 0 Å². The van der Waals surface area contributed by atoms with Gasteiger partial charge in [-0.3, -0.25) is 0 Å². The molecule has 0 aliphatic rings. The molecule has 0 spiro atoms. The summed E-state index contributed by atoms with van der Waals surface area (Å²) in [4.78, 5) is 1.15. The molecule has 0 bridgehead atoms. The molecule has 0 aliphatic heterocycles. The summed E-state index contributed by atoms with van der Waals surface area (Å²) < 4.78 is 11.0. The zero-order chi connectivity index (χ0) is 17.0. The fraction of sp³-hybridized carbons (Fsp3) is 0.368. The number of rotatable bonds is 6. The smallest absolute Gasteiger partial charge is 0.128 e. The Bertz CT molecular complexity index is 653. The van der Waals surface area contributed by atoms with E-state index in [0.717, 1.165) is 27.5 Å². The van der Waals surface area contributed by atoms with Gasteiger partial charge in [-0.05, 0) is 36.6 Å². The van der Waals surface area contributed by atoms with Gasteiger partial charge in [-0.1, -0.05) is 31.5 Å². The van der Waals surface area contributed by atoms with Gasteiger partial charge in [-0.15, -0.1) is 11.8 Å². The van der Waals surface area contributed by atoms with E-state index in [1.807, 2.05) is 6.07 Å². The van der Waals surface area contributed by atoms with Gasteiger partial charge in [0.15, 0.2) is 0 Å². The molecule has 4 heteroatoms. The molecule has 124 valence electrons. The van der Waals surface area contributed by atoms with Crippen LogP contribution in [0.3, 0.4) is 0 Å². The minimum absolute atomic E-state index is 0.198. The molecular formula is C19H25NO2S. The van der Waals surface area contributed by atoms with Crippen molar-refractivity contribution in [2.75, 3.05) is 14.2 Å². The highest BCUT2D eigenvalue weighted by Gasteiger charge is 2.19. The van der Waals surface area contributed by atoms with E-state index in [4.69, 9.17) is 15.2 Å². The average Bonchev–Trinajstić information content (AvgIpc) is 2.55. The van der Waals surface area contributed by atoms with Gasteiger partial charge in [0, 0.05) is 16.5 Å². The third-order valence-electron chi connectivity index (χ3n) is 3.79. The predicted octanol–water partition coefficient (Wildman–Crippen LogP) is 4.89. The van der Waals surface area contributed by atoms with Crippen molar-refractivity contribution in [3.8, 4) is 11.5 Å². The summed E-state index contributed by atoms with van der Waals surface area (Å²) in [7, 11) is 3.35. The number of hydrogen-bond donors (Lipinski definition) is 1. The van der Waals surface area contributed by atoms with Gasteiger partial charge < -0.3 is 15.2 Å². The first-order chi connectivity index (χ1) is 11.0. The second-order valence-electron chi connectivity index (χ2n) is 5.84. The first-order valence-corrected chi connectivity index (χ1v) is 8.59. The highest BCUT2D eigenvalue weighted by atomic mass is 32.2. The zero-order valence-corrected chi connectivity index (χ0v) is 15.2. The lowest BCUT2D eigenvalue weighted by Gasteiger charge is -2.20. The molecule has 0 heterocycles. The number of aryl methyl sites for hydroxylation is 1. The van der Waals surface area contributed by atoms with E-state index in [1.165, 1.54) is 5.56 Å². The van der Waals surface area contributed by atoms with Gasteiger partial charge in [0.1, 0.15) is 11.5 Å². The van der Waals surface area contributed by atoms with E-state index in [9.17, 15) is 0 Å². The molecule has 2 aromatic rings. The first-order valence-electron chi connectivity index (χ1n) is 7.71. The van der Waals surface area contributed by atoms with Gasteiger partial charge in [-0.2, -0.15) is 0 Å². The topological polar surface area (TPSA) is 44.5 Å². The van der Waals surface area contributed by atoms with Crippen LogP contribution >= 0.6 is 11.8 Å². The lowest BCUT2D eigenvalue weighted by molar-refractivity contribution is 0.386. The van der Waals surface area contributed by atoms with Crippen LogP contribution in [-0.4, -0.2) is 14.2 Å². The minimum atomic E-state index is -0.198. The Morgan fingerprint density at radius 2 is 1.48 bits per heavy atom. The molecule has 1 unspecified atom stereocenters. The van der Waals surface area contributed by atoms with Crippen LogP contribution in [0.4, 0.5) is 0 Å². The highest BCUT2D eigenvalue weighted by molar-refractivity contribution is 7.99. The second kappa shape index (κ2) is 7.75. The van der Waals surface area contributed by atoms with E-state index in [2.05, 4.69) is 51.1 Å². The van der Waals surface area contributed by atoms with Crippen LogP contribution < -0.4 is 15.2 Å². The highest BCUT2D eigenvalue weighted by Crippen LogP contribution is 2.40. The average molecular weight is 331 g/mol. The molecule has 0 aromatic heterocycles. The lowest BCUT2D eigenvalue weighted by atomic mass is 9.98. The zero-order valence-electron chi connectivity index (χ0n) is 14.4. The van der Waals surface area contributed by atoms with E-state index < -0.39 is 0 Å². The van der Waals surface area contributed by atoms with Crippen molar-refractivity contribution < 1.29 is 9.47 Å². The Hall–Kier alpha value is -1.65. The van der Waals surface area contributed by atoms with Crippen LogP contribution in [-0.2, 0) is 0 Å². The molecule has 0 fully saturated rings. The van der Waals surface area contributed by atoms with Crippen LogP contribution in [0.2, 0.25) is 0 Å². The molecule has 2 aromatic carbocycles. The molecule has 2 N–H and O–H groups in total. The summed E-state index contributed by atoms with van der Waals surface area (Å²) >= 11 is 1.63. The Morgan fingerprint density at radius 3 is 2.00 bits per heavy atom. The quantitative estimate of drug-likeness (QED) is 0.605. The van der Waals surface area contributed by atoms with Crippen LogP contribution in [0.5, 0.6) is 11.5 Å². The summed E-state index contributed by atoms with van der Waals surface area (Å²) in [6, 6.07) is 12.4. The third kappa shape index (κ3) is 4.21. The van der Waals surface area contributed by atoms with Crippen LogP contribution in [0.15, 0.2) is 41.3 Å². The van der Waals surface area contributed by atoms with Gasteiger partial charge in [0.2, 0.25) is 0 Å². The Balaban J connectivity index is 2.35. The molecular weight excluding hydrogens is 306 g/mol. The van der Waals surface area contributed by atoms with E-state index >= 15 is 0 Å². The minimum Gasteiger partial charge on any atom is -0.496 e. The molecule has 0 saturated carbocycles. The summed E-state index contributed by atoms with van der Waals surface area (Å²) in [5.74, 6) is 1.96. The number of methoxy groups -OCH3 is 2. The first kappa shape index (κ1) is 17.7. The van der Waals surface area contributed by atoms with Crippen LogP contribution in [0.1, 0.15) is 41.8 Å². The summed E-state index contributed by atoms with van der Waals surface area (Å²) in [5, 5.41) is -0.198. The van der Waals surface area contributed by atoms with Gasteiger partial charge in [-0.25, -0.2) is 0 Å². The lowest BCUT2D eigenvalue weighted by Crippen LogP contribution is -2.09. The predicted molar refractivity (Wildman–Crippen MR) is 97.6 cm³/mol. The molecule has 1 atom stereocenters. The maximum Gasteiger partial charge on any atom is 0.128 e.